The van der Waals surface area contributed by atoms with E-state index in [0.717, 1.165) is 43.1 Å². The maximum Gasteiger partial charge on any atom is 0.248 e. The molecule has 4 saturated carbocycles. The van der Waals surface area contributed by atoms with Gasteiger partial charge in [0.2, 0.25) is 5.56 Å². The number of aromatic nitrogens is 1. The minimum atomic E-state index is -0.756. The largest absolute Gasteiger partial charge is 0.506 e. The summed E-state index contributed by atoms with van der Waals surface area (Å²) in [6.45, 7) is 1.96. The van der Waals surface area contributed by atoms with Crippen molar-refractivity contribution in [1.82, 2.24) is 10.3 Å². The lowest BCUT2D eigenvalue weighted by Gasteiger charge is -2.56. The van der Waals surface area contributed by atoms with Crippen LogP contribution in [-0.4, -0.2) is 34.9 Å². The second-order valence-electron chi connectivity index (χ2n) is 11.6. The fraction of sp³-hybridized carbons (Fsp3) is 0.500. The zero-order chi connectivity index (χ0) is 24.7. The van der Waals surface area contributed by atoms with Crippen molar-refractivity contribution in [2.75, 3.05) is 19.7 Å². The first-order valence-corrected chi connectivity index (χ1v) is 13.4. The second kappa shape index (κ2) is 9.56. The minimum absolute atomic E-state index is 0.00287. The van der Waals surface area contributed by atoms with Crippen LogP contribution in [0.5, 0.6) is 11.5 Å². The van der Waals surface area contributed by atoms with Crippen LogP contribution in [0, 0.1) is 23.2 Å². The Balaban J connectivity index is 1.02. The number of hydrogen-bond acceptors (Lipinski definition) is 5. The number of phenolic OH excluding ortho intramolecular Hbond substituents is 1. The average Bonchev–Trinajstić information content (AvgIpc) is 2.85. The van der Waals surface area contributed by atoms with E-state index in [2.05, 4.69) is 34.6 Å². The van der Waals surface area contributed by atoms with Gasteiger partial charge in [-0.05, 0) is 105 Å². The normalized spacial score (nSPS) is 27.4. The highest BCUT2D eigenvalue weighted by molar-refractivity contribution is 5.87. The summed E-state index contributed by atoms with van der Waals surface area (Å²) in [5.74, 6) is 3.78. The molecule has 0 radical (unpaired) electrons. The number of H-pyrrole nitrogens is 1. The third-order valence-corrected chi connectivity index (χ3v) is 8.80. The summed E-state index contributed by atoms with van der Waals surface area (Å²) in [6.07, 6.45) is 8.53. The van der Waals surface area contributed by atoms with Crippen molar-refractivity contribution < 1.29 is 14.9 Å². The van der Waals surface area contributed by atoms with E-state index < -0.39 is 6.10 Å². The number of aromatic amines is 1. The van der Waals surface area contributed by atoms with Crippen LogP contribution < -0.4 is 15.6 Å². The molecule has 0 spiro atoms. The van der Waals surface area contributed by atoms with E-state index in [1.807, 2.05) is 0 Å². The first-order chi connectivity index (χ1) is 17.5. The van der Waals surface area contributed by atoms with Crippen molar-refractivity contribution in [3.8, 4) is 11.5 Å². The zero-order valence-electron chi connectivity index (χ0n) is 20.7. The number of fused-ring (bicyclic) bond motifs is 1. The molecular weight excluding hydrogens is 452 g/mol. The highest BCUT2D eigenvalue weighted by Crippen LogP contribution is 2.60. The van der Waals surface area contributed by atoms with Crippen LogP contribution in [0.4, 0.5) is 0 Å². The Kier molecular flexibility index (Phi) is 6.26. The first kappa shape index (κ1) is 23.6. The van der Waals surface area contributed by atoms with Crippen LogP contribution in [0.3, 0.4) is 0 Å². The van der Waals surface area contributed by atoms with Gasteiger partial charge in [0.25, 0.3) is 0 Å². The molecule has 3 aromatic rings. The highest BCUT2D eigenvalue weighted by Gasteiger charge is 2.51. The van der Waals surface area contributed by atoms with Gasteiger partial charge in [0, 0.05) is 23.4 Å². The molecular formula is C30H36N2O4. The van der Waals surface area contributed by atoms with E-state index >= 15 is 0 Å². The van der Waals surface area contributed by atoms with Gasteiger partial charge in [0.15, 0.2) is 0 Å². The van der Waals surface area contributed by atoms with Gasteiger partial charge in [-0.25, -0.2) is 0 Å². The van der Waals surface area contributed by atoms with E-state index in [-0.39, 0.29) is 11.3 Å². The van der Waals surface area contributed by atoms with E-state index in [9.17, 15) is 15.0 Å². The van der Waals surface area contributed by atoms with Crippen molar-refractivity contribution in [3.05, 3.63) is 70.0 Å². The Morgan fingerprint density at radius 1 is 1.03 bits per heavy atom. The lowest BCUT2D eigenvalue weighted by atomic mass is 9.50. The smallest absolute Gasteiger partial charge is 0.248 e. The predicted molar refractivity (Wildman–Crippen MR) is 140 cm³/mol. The fourth-order valence-corrected chi connectivity index (χ4v) is 7.62. The number of ether oxygens (including phenoxy) is 1. The van der Waals surface area contributed by atoms with Gasteiger partial charge >= 0.3 is 0 Å². The van der Waals surface area contributed by atoms with Crippen molar-refractivity contribution in [3.63, 3.8) is 0 Å². The maximum atomic E-state index is 11.6. The highest BCUT2D eigenvalue weighted by atomic mass is 16.5. The van der Waals surface area contributed by atoms with E-state index in [1.54, 1.807) is 12.1 Å². The summed E-state index contributed by atoms with van der Waals surface area (Å²) in [7, 11) is 0. The van der Waals surface area contributed by atoms with Gasteiger partial charge < -0.3 is 25.3 Å². The molecule has 190 valence electrons. The third kappa shape index (κ3) is 4.76. The molecule has 1 atom stereocenters. The number of phenols is 1. The summed E-state index contributed by atoms with van der Waals surface area (Å²) in [5.41, 5.74) is 2.36. The van der Waals surface area contributed by atoms with Crippen molar-refractivity contribution >= 4 is 10.9 Å². The van der Waals surface area contributed by atoms with Crippen LogP contribution in [0.25, 0.3) is 10.9 Å². The third-order valence-electron chi connectivity index (χ3n) is 8.80. The van der Waals surface area contributed by atoms with Gasteiger partial charge in [0.05, 0.1) is 18.2 Å². The minimum Gasteiger partial charge on any atom is -0.506 e. The summed E-state index contributed by atoms with van der Waals surface area (Å²) in [6, 6.07) is 14.7. The lowest BCUT2D eigenvalue weighted by Crippen LogP contribution is -2.48. The molecule has 0 saturated heterocycles. The van der Waals surface area contributed by atoms with E-state index in [0.29, 0.717) is 28.4 Å². The average molecular weight is 489 g/mol. The van der Waals surface area contributed by atoms with Crippen LogP contribution in [0.15, 0.2) is 53.3 Å². The molecule has 4 N–H and O–H groups in total. The number of aromatic hydroxyl groups is 1. The van der Waals surface area contributed by atoms with E-state index in [4.69, 9.17) is 4.74 Å². The molecule has 0 unspecified atom stereocenters. The topological polar surface area (TPSA) is 94.6 Å². The number of pyridine rings is 1. The molecule has 4 aliphatic carbocycles. The summed E-state index contributed by atoms with van der Waals surface area (Å²) >= 11 is 0. The van der Waals surface area contributed by atoms with Crippen LogP contribution >= 0.6 is 0 Å². The molecule has 1 aromatic heterocycles. The molecule has 4 fully saturated rings. The second-order valence-corrected chi connectivity index (χ2v) is 11.6. The van der Waals surface area contributed by atoms with Crippen LogP contribution in [0.2, 0.25) is 0 Å². The summed E-state index contributed by atoms with van der Waals surface area (Å²) in [4.78, 5) is 14.3. The molecule has 7 rings (SSSR count). The molecule has 36 heavy (non-hydrogen) atoms. The van der Waals surface area contributed by atoms with Crippen molar-refractivity contribution in [2.45, 2.75) is 51.0 Å². The van der Waals surface area contributed by atoms with Gasteiger partial charge in [-0.1, -0.05) is 18.2 Å². The predicted octanol–water partition coefficient (Wildman–Crippen LogP) is 4.69. The Hall–Kier alpha value is -2.83. The Labute approximate surface area is 211 Å². The quantitative estimate of drug-likeness (QED) is 0.328. The van der Waals surface area contributed by atoms with Gasteiger partial charge in [-0.3, -0.25) is 4.79 Å². The van der Waals surface area contributed by atoms with Crippen LogP contribution in [-0.2, 0) is 6.42 Å². The van der Waals surface area contributed by atoms with Crippen LogP contribution in [0.1, 0.15) is 55.8 Å². The van der Waals surface area contributed by atoms with Gasteiger partial charge in [0.1, 0.15) is 11.5 Å². The molecule has 0 amide bonds. The van der Waals surface area contributed by atoms with Gasteiger partial charge in [-0.15, -0.1) is 0 Å². The number of aliphatic hydroxyl groups is 1. The summed E-state index contributed by atoms with van der Waals surface area (Å²) < 4.78 is 6.39. The Bertz CT molecular complexity index is 1260. The SMILES string of the molecule is O=c1ccc2c([C@@H](O)CNCCc3cccc(OCC45CC6CC(CC(C6)C4)C5)c3)ccc(O)c2[nH]1. The standard InChI is InChI=1S/C30H36N2O4/c33-26-6-4-24(25-5-7-28(35)32-29(25)26)27(34)17-31-9-8-19-2-1-3-23(13-19)36-18-30-14-20-10-21(15-30)12-22(11-20)16-30/h1-7,13,20-22,27,31,33-34H,8-12,14-18H2,(H,32,35)/t20?,21?,22?,27-,30?/m0/s1. The zero-order valence-corrected chi connectivity index (χ0v) is 20.7. The monoisotopic (exact) mass is 488 g/mol. The fourth-order valence-electron chi connectivity index (χ4n) is 7.62. The van der Waals surface area contributed by atoms with Crippen molar-refractivity contribution in [1.29, 1.82) is 0 Å². The number of rotatable bonds is 9. The molecule has 4 aliphatic rings. The molecule has 0 aliphatic heterocycles. The number of aliphatic hydroxyl groups excluding tert-OH is 1. The lowest BCUT2D eigenvalue weighted by molar-refractivity contribution is -0.0745. The maximum absolute atomic E-state index is 11.6. The molecule has 6 nitrogen and oxygen atoms in total. The number of nitrogens with one attached hydrogen (secondary N) is 2. The Morgan fingerprint density at radius 3 is 2.53 bits per heavy atom. The van der Waals surface area contributed by atoms with Gasteiger partial charge in [-0.2, -0.15) is 0 Å². The molecule has 2 aromatic carbocycles. The van der Waals surface area contributed by atoms with Crippen molar-refractivity contribution in [2.24, 2.45) is 23.2 Å². The van der Waals surface area contributed by atoms with E-state index in [1.165, 1.54) is 56.2 Å². The molecule has 1 heterocycles. The Morgan fingerprint density at radius 2 is 1.78 bits per heavy atom. The summed E-state index contributed by atoms with van der Waals surface area (Å²) in [5, 5.41) is 24.8. The number of benzene rings is 2. The first-order valence-electron chi connectivity index (χ1n) is 13.4. The number of hydrogen-bond donors (Lipinski definition) is 4. The molecule has 6 heteroatoms. The molecule has 4 bridgehead atoms.